The molecule has 0 saturated heterocycles. The van der Waals surface area contributed by atoms with Crippen LogP contribution in [0, 0.1) is 0 Å². The first kappa shape index (κ1) is 16.3. The summed E-state index contributed by atoms with van der Waals surface area (Å²) in [5, 5.41) is 8.34. The molecule has 0 aliphatic heterocycles. The number of aromatic nitrogens is 2. The van der Waals surface area contributed by atoms with E-state index in [4.69, 9.17) is 21.1 Å². The molecule has 5 nitrogen and oxygen atoms in total. The number of rotatable bonds is 10. The molecule has 1 heterocycles. The van der Waals surface area contributed by atoms with Gasteiger partial charge in [-0.05, 0) is 26.0 Å². The Morgan fingerprint density at radius 2 is 1.68 bits per heavy atom. The number of ether oxygens (including phenoxy) is 2. The van der Waals surface area contributed by atoms with Gasteiger partial charge in [-0.15, -0.1) is 5.10 Å². The molecule has 0 atom stereocenters. The van der Waals surface area contributed by atoms with Crippen molar-refractivity contribution in [2.24, 2.45) is 0 Å². The van der Waals surface area contributed by atoms with Crippen molar-refractivity contribution in [2.45, 2.75) is 20.4 Å². The molecule has 1 rings (SSSR count). The van der Waals surface area contributed by atoms with Crippen LogP contribution in [0.2, 0.25) is 5.15 Å². The van der Waals surface area contributed by atoms with Gasteiger partial charge in [-0.1, -0.05) is 11.6 Å². The summed E-state index contributed by atoms with van der Waals surface area (Å²) in [5.41, 5.74) is 0.900. The van der Waals surface area contributed by atoms with E-state index >= 15 is 0 Å². The fraction of sp³-hybridized carbons (Fsp3) is 0.692. The maximum atomic E-state index is 5.73. The first-order valence-electron chi connectivity index (χ1n) is 6.62. The summed E-state index contributed by atoms with van der Waals surface area (Å²) >= 11 is 5.73. The molecule has 0 amide bonds. The van der Waals surface area contributed by atoms with Crippen LogP contribution in [0.4, 0.5) is 0 Å². The molecule has 0 saturated carbocycles. The van der Waals surface area contributed by atoms with Gasteiger partial charge < -0.3 is 9.47 Å². The molecule has 0 aliphatic rings. The van der Waals surface area contributed by atoms with Gasteiger partial charge in [-0.2, -0.15) is 5.10 Å². The predicted octanol–water partition coefficient (Wildman–Crippen LogP) is 2.00. The van der Waals surface area contributed by atoms with Gasteiger partial charge in [-0.3, -0.25) is 4.90 Å². The Bertz CT molecular complexity index is 325. The number of hydrogen-bond donors (Lipinski definition) is 0. The van der Waals surface area contributed by atoms with Crippen LogP contribution in [-0.2, 0) is 16.0 Å². The van der Waals surface area contributed by atoms with Crippen LogP contribution in [0.1, 0.15) is 19.5 Å². The van der Waals surface area contributed by atoms with Crippen molar-refractivity contribution in [3.05, 3.63) is 23.0 Å². The van der Waals surface area contributed by atoms with Crippen molar-refractivity contribution < 1.29 is 9.47 Å². The van der Waals surface area contributed by atoms with E-state index in [-0.39, 0.29) is 0 Å². The summed E-state index contributed by atoms with van der Waals surface area (Å²) < 4.78 is 10.8. The second-order valence-electron chi connectivity index (χ2n) is 4.02. The fourth-order valence-corrected chi connectivity index (χ4v) is 1.70. The Kier molecular flexibility index (Phi) is 8.66. The Hall–Kier alpha value is -0.750. The van der Waals surface area contributed by atoms with Crippen molar-refractivity contribution >= 4 is 11.6 Å². The van der Waals surface area contributed by atoms with Gasteiger partial charge in [0.25, 0.3) is 0 Å². The topological polar surface area (TPSA) is 47.5 Å². The quantitative estimate of drug-likeness (QED) is 0.616. The minimum absolute atomic E-state index is 0.416. The molecule has 0 spiro atoms. The first-order chi connectivity index (χ1) is 9.26. The largest absolute Gasteiger partial charge is 0.380 e. The summed E-state index contributed by atoms with van der Waals surface area (Å²) in [4.78, 5) is 2.24. The minimum Gasteiger partial charge on any atom is -0.380 e. The highest BCUT2D eigenvalue weighted by molar-refractivity contribution is 6.29. The van der Waals surface area contributed by atoms with E-state index < -0.39 is 0 Å². The summed E-state index contributed by atoms with van der Waals surface area (Å²) in [5.74, 6) is 0. The van der Waals surface area contributed by atoms with Crippen LogP contribution in [0.15, 0.2) is 12.1 Å². The van der Waals surface area contributed by atoms with Crippen molar-refractivity contribution in [3.63, 3.8) is 0 Å². The van der Waals surface area contributed by atoms with E-state index in [0.29, 0.717) is 18.4 Å². The Morgan fingerprint density at radius 1 is 1.05 bits per heavy atom. The molecule has 6 heteroatoms. The highest BCUT2D eigenvalue weighted by Gasteiger charge is 2.07. The van der Waals surface area contributed by atoms with Crippen LogP contribution in [0.3, 0.4) is 0 Å². The summed E-state index contributed by atoms with van der Waals surface area (Å²) in [6.45, 7) is 9.32. The first-order valence-corrected chi connectivity index (χ1v) is 7.00. The van der Waals surface area contributed by atoms with Crippen molar-refractivity contribution in [1.29, 1.82) is 0 Å². The third-order valence-electron chi connectivity index (χ3n) is 2.58. The van der Waals surface area contributed by atoms with E-state index in [2.05, 4.69) is 15.1 Å². The lowest BCUT2D eigenvalue weighted by Gasteiger charge is -2.21. The van der Waals surface area contributed by atoms with Gasteiger partial charge in [-0.25, -0.2) is 0 Å². The van der Waals surface area contributed by atoms with Crippen LogP contribution >= 0.6 is 11.6 Å². The SMILES string of the molecule is CCOCCN(CCOCC)Cc1ccc(Cl)nn1. The molecule has 0 bridgehead atoms. The molecule has 1 aromatic rings. The number of halogens is 1. The maximum absolute atomic E-state index is 5.73. The Balaban J connectivity index is 2.44. The molecule has 0 aliphatic carbocycles. The molecular weight excluding hydrogens is 266 g/mol. The lowest BCUT2D eigenvalue weighted by molar-refractivity contribution is 0.0791. The van der Waals surface area contributed by atoms with E-state index in [9.17, 15) is 0 Å². The lowest BCUT2D eigenvalue weighted by atomic mass is 10.3. The van der Waals surface area contributed by atoms with E-state index in [1.54, 1.807) is 6.07 Å². The predicted molar refractivity (Wildman–Crippen MR) is 75.3 cm³/mol. The molecule has 1 aromatic heterocycles. The van der Waals surface area contributed by atoms with Gasteiger partial charge in [0, 0.05) is 32.8 Å². The minimum atomic E-state index is 0.416. The van der Waals surface area contributed by atoms with E-state index in [1.807, 2.05) is 19.9 Å². The molecule has 0 fully saturated rings. The highest BCUT2D eigenvalue weighted by atomic mass is 35.5. The van der Waals surface area contributed by atoms with Crippen molar-refractivity contribution in [1.82, 2.24) is 15.1 Å². The molecule has 108 valence electrons. The smallest absolute Gasteiger partial charge is 0.151 e. The summed E-state index contributed by atoms with van der Waals surface area (Å²) in [6, 6.07) is 3.65. The third-order valence-corrected chi connectivity index (χ3v) is 2.79. The van der Waals surface area contributed by atoms with Gasteiger partial charge in [0.1, 0.15) is 0 Å². The Labute approximate surface area is 119 Å². The van der Waals surface area contributed by atoms with Gasteiger partial charge in [0.2, 0.25) is 0 Å². The standard InChI is InChI=1S/C13H22ClN3O2/c1-3-18-9-7-17(8-10-19-4-2)11-12-5-6-13(14)16-15-12/h5-6H,3-4,7-11H2,1-2H3. The molecule has 0 aromatic carbocycles. The maximum Gasteiger partial charge on any atom is 0.151 e. The van der Waals surface area contributed by atoms with Crippen LogP contribution < -0.4 is 0 Å². The van der Waals surface area contributed by atoms with Crippen LogP contribution in [0.5, 0.6) is 0 Å². The average molecular weight is 288 g/mol. The van der Waals surface area contributed by atoms with Crippen molar-refractivity contribution in [3.8, 4) is 0 Å². The second-order valence-corrected chi connectivity index (χ2v) is 4.40. The molecule has 0 radical (unpaired) electrons. The zero-order chi connectivity index (χ0) is 13.9. The zero-order valence-electron chi connectivity index (χ0n) is 11.6. The molecule has 0 unspecified atom stereocenters. The zero-order valence-corrected chi connectivity index (χ0v) is 12.4. The second kappa shape index (κ2) is 10.1. The molecular formula is C13H22ClN3O2. The fourth-order valence-electron chi connectivity index (χ4n) is 1.60. The van der Waals surface area contributed by atoms with Gasteiger partial charge in [0.15, 0.2) is 5.15 Å². The van der Waals surface area contributed by atoms with E-state index in [1.165, 1.54) is 0 Å². The lowest BCUT2D eigenvalue weighted by Crippen LogP contribution is -2.31. The van der Waals surface area contributed by atoms with E-state index in [0.717, 1.165) is 38.5 Å². The summed E-state index contributed by atoms with van der Waals surface area (Å²) in [7, 11) is 0. The average Bonchev–Trinajstić information content (AvgIpc) is 2.41. The van der Waals surface area contributed by atoms with Crippen LogP contribution in [-0.4, -0.2) is 54.6 Å². The number of hydrogen-bond acceptors (Lipinski definition) is 5. The summed E-state index contributed by atoms with van der Waals surface area (Å²) in [6.07, 6.45) is 0. The highest BCUT2D eigenvalue weighted by Crippen LogP contribution is 2.05. The van der Waals surface area contributed by atoms with Crippen LogP contribution in [0.25, 0.3) is 0 Å². The number of nitrogens with zero attached hydrogens (tertiary/aromatic N) is 3. The molecule has 0 N–H and O–H groups in total. The normalized spacial score (nSPS) is 11.2. The third kappa shape index (κ3) is 7.42. The van der Waals surface area contributed by atoms with Gasteiger partial charge in [0.05, 0.1) is 18.9 Å². The molecule has 19 heavy (non-hydrogen) atoms. The Morgan fingerprint density at radius 3 is 2.16 bits per heavy atom. The monoisotopic (exact) mass is 287 g/mol. The van der Waals surface area contributed by atoms with Gasteiger partial charge >= 0.3 is 0 Å². The van der Waals surface area contributed by atoms with Crippen molar-refractivity contribution in [2.75, 3.05) is 39.5 Å².